The molecule has 0 aliphatic carbocycles. The summed E-state index contributed by atoms with van der Waals surface area (Å²) in [5.41, 5.74) is 6.79. The number of anilines is 1. The summed E-state index contributed by atoms with van der Waals surface area (Å²) in [7, 11) is 0. The highest BCUT2D eigenvalue weighted by atomic mass is 16.5. The molecule has 4 heteroatoms. The highest BCUT2D eigenvalue weighted by Crippen LogP contribution is 2.39. The molecule has 2 rings (SSSR count). The van der Waals surface area contributed by atoms with Crippen molar-refractivity contribution in [2.75, 3.05) is 11.4 Å². The van der Waals surface area contributed by atoms with Gasteiger partial charge in [-0.15, -0.1) is 0 Å². The molecular formula is C14H20N2O2. The molecule has 98 valence electrons. The molecule has 0 fully saturated rings. The Balaban J connectivity index is 2.56. The highest BCUT2D eigenvalue weighted by molar-refractivity contribution is 6.02. The number of hydrogen-bond donors (Lipinski definition) is 1. The first kappa shape index (κ1) is 12.9. The Kier molecular flexibility index (Phi) is 3.07. The molecule has 1 heterocycles. The number of benzene rings is 1. The van der Waals surface area contributed by atoms with Crippen molar-refractivity contribution in [3.05, 3.63) is 23.8 Å². The van der Waals surface area contributed by atoms with E-state index in [2.05, 4.69) is 0 Å². The zero-order valence-corrected chi connectivity index (χ0v) is 11.4. The third kappa shape index (κ3) is 1.97. The lowest BCUT2D eigenvalue weighted by Gasteiger charge is -2.41. The van der Waals surface area contributed by atoms with Crippen LogP contribution in [-0.4, -0.2) is 24.1 Å². The highest BCUT2D eigenvalue weighted by Gasteiger charge is 2.42. The number of nitrogens with zero attached hydrogens (tertiary/aromatic N) is 1. The zero-order chi connectivity index (χ0) is 13.5. The van der Waals surface area contributed by atoms with Gasteiger partial charge in [0.05, 0.1) is 5.69 Å². The van der Waals surface area contributed by atoms with Crippen LogP contribution in [0.5, 0.6) is 5.75 Å². The Morgan fingerprint density at radius 1 is 1.44 bits per heavy atom. The molecule has 0 saturated carbocycles. The number of amides is 1. The van der Waals surface area contributed by atoms with Crippen molar-refractivity contribution < 1.29 is 9.53 Å². The maximum atomic E-state index is 12.5. The number of nitrogens with two attached hydrogens (primary N) is 1. The molecule has 1 aliphatic rings. The fourth-order valence-electron chi connectivity index (χ4n) is 2.16. The van der Waals surface area contributed by atoms with Gasteiger partial charge in [-0.3, -0.25) is 4.79 Å². The first-order chi connectivity index (χ1) is 8.36. The minimum absolute atomic E-state index is 0.0405. The van der Waals surface area contributed by atoms with E-state index >= 15 is 0 Å². The van der Waals surface area contributed by atoms with Crippen molar-refractivity contribution in [1.29, 1.82) is 0 Å². The molecule has 4 nitrogen and oxygen atoms in total. The Morgan fingerprint density at radius 2 is 2.11 bits per heavy atom. The van der Waals surface area contributed by atoms with E-state index in [1.165, 1.54) is 0 Å². The predicted molar refractivity (Wildman–Crippen MR) is 71.9 cm³/mol. The summed E-state index contributed by atoms with van der Waals surface area (Å²) in [6.07, 6.45) is 0. The molecular weight excluding hydrogens is 228 g/mol. The van der Waals surface area contributed by atoms with E-state index in [0.717, 1.165) is 17.0 Å². The van der Waals surface area contributed by atoms with Crippen molar-refractivity contribution in [2.45, 2.75) is 39.3 Å². The van der Waals surface area contributed by atoms with Crippen molar-refractivity contribution in [3.8, 4) is 5.75 Å². The van der Waals surface area contributed by atoms with E-state index in [-0.39, 0.29) is 11.9 Å². The first-order valence-electron chi connectivity index (χ1n) is 6.20. The molecule has 18 heavy (non-hydrogen) atoms. The Labute approximate surface area is 108 Å². The Bertz CT molecular complexity index is 483. The van der Waals surface area contributed by atoms with Crippen LogP contribution in [0.2, 0.25) is 0 Å². The summed E-state index contributed by atoms with van der Waals surface area (Å²) in [5, 5.41) is 0. The van der Waals surface area contributed by atoms with Crippen LogP contribution in [-0.2, 0) is 4.79 Å². The maximum Gasteiger partial charge on any atom is 0.270 e. The van der Waals surface area contributed by atoms with Gasteiger partial charge in [-0.1, -0.05) is 6.07 Å². The number of aryl methyl sites for hydroxylation is 1. The molecule has 1 unspecified atom stereocenters. The van der Waals surface area contributed by atoms with Crippen LogP contribution in [0.1, 0.15) is 26.3 Å². The second kappa shape index (κ2) is 4.28. The van der Waals surface area contributed by atoms with Gasteiger partial charge < -0.3 is 15.4 Å². The maximum absolute atomic E-state index is 12.5. The largest absolute Gasteiger partial charge is 0.476 e. The molecule has 0 saturated heterocycles. The predicted octanol–water partition coefficient (Wildman–Crippen LogP) is 1.85. The Morgan fingerprint density at radius 3 is 2.72 bits per heavy atom. The average Bonchev–Trinajstić information content (AvgIpc) is 2.31. The lowest BCUT2D eigenvalue weighted by molar-refractivity contribution is -0.133. The lowest BCUT2D eigenvalue weighted by Crippen LogP contribution is -2.56. The van der Waals surface area contributed by atoms with Crippen molar-refractivity contribution in [2.24, 2.45) is 5.73 Å². The van der Waals surface area contributed by atoms with Gasteiger partial charge in [0.15, 0.2) is 5.60 Å². The Hall–Kier alpha value is -1.55. The third-order valence-electron chi connectivity index (χ3n) is 3.25. The van der Waals surface area contributed by atoms with Gasteiger partial charge in [-0.25, -0.2) is 0 Å². The first-order valence-corrected chi connectivity index (χ1v) is 6.20. The second-order valence-electron chi connectivity index (χ2n) is 5.34. The fraction of sp³-hybridized carbons (Fsp3) is 0.500. The van der Waals surface area contributed by atoms with Crippen LogP contribution in [0.15, 0.2) is 18.2 Å². The van der Waals surface area contributed by atoms with Crippen LogP contribution in [0.3, 0.4) is 0 Å². The van der Waals surface area contributed by atoms with Crippen molar-refractivity contribution in [1.82, 2.24) is 0 Å². The van der Waals surface area contributed by atoms with Crippen LogP contribution in [0.25, 0.3) is 0 Å². The molecule has 0 aromatic heterocycles. The van der Waals surface area contributed by atoms with Gasteiger partial charge in [0.1, 0.15) is 5.75 Å². The van der Waals surface area contributed by atoms with E-state index in [9.17, 15) is 4.79 Å². The molecule has 0 radical (unpaired) electrons. The average molecular weight is 248 g/mol. The summed E-state index contributed by atoms with van der Waals surface area (Å²) >= 11 is 0. The minimum Gasteiger partial charge on any atom is -0.476 e. The monoisotopic (exact) mass is 248 g/mol. The standard InChI is InChI=1S/C14H20N2O2/c1-9-5-6-12-11(7-9)16(10(2)8-15)13(17)14(3,4)18-12/h5-7,10H,8,15H2,1-4H3. The normalized spacial score (nSPS) is 19.2. The lowest BCUT2D eigenvalue weighted by atomic mass is 10.0. The summed E-state index contributed by atoms with van der Waals surface area (Å²) < 4.78 is 5.78. The van der Waals surface area contributed by atoms with E-state index in [1.807, 2.05) is 32.0 Å². The van der Waals surface area contributed by atoms with Crippen LogP contribution >= 0.6 is 0 Å². The summed E-state index contributed by atoms with van der Waals surface area (Å²) in [4.78, 5) is 14.2. The van der Waals surface area contributed by atoms with Gasteiger partial charge in [0.2, 0.25) is 0 Å². The summed E-state index contributed by atoms with van der Waals surface area (Å²) in [6, 6.07) is 5.82. The SMILES string of the molecule is Cc1ccc2c(c1)N(C(C)CN)C(=O)C(C)(C)O2. The molecule has 1 aromatic carbocycles. The summed E-state index contributed by atoms with van der Waals surface area (Å²) in [6.45, 7) is 7.94. The van der Waals surface area contributed by atoms with E-state index in [1.54, 1.807) is 18.7 Å². The van der Waals surface area contributed by atoms with E-state index in [0.29, 0.717) is 6.54 Å². The number of hydrogen-bond acceptors (Lipinski definition) is 3. The molecule has 1 atom stereocenters. The van der Waals surface area contributed by atoms with E-state index in [4.69, 9.17) is 10.5 Å². The molecule has 1 aliphatic heterocycles. The van der Waals surface area contributed by atoms with Crippen LogP contribution < -0.4 is 15.4 Å². The van der Waals surface area contributed by atoms with Crippen molar-refractivity contribution in [3.63, 3.8) is 0 Å². The van der Waals surface area contributed by atoms with E-state index < -0.39 is 5.60 Å². The molecule has 1 aromatic rings. The number of rotatable bonds is 2. The number of carbonyl (C=O) groups is 1. The number of carbonyl (C=O) groups excluding carboxylic acids is 1. The van der Waals surface area contributed by atoms with Gasteiger partial charge in [0, 0.05) is 12.6 Å². The van der Waals surface area contributed by atoms with Crippen molar-refractivity contribution >= 4 is 11.6 Å². The minimum atomic E-state index is -0.842. The van der Waals surface area contributed by atoms with Gasteiger partial charge >= 0.3 is 0 Å². The fourth-order valence-corrected chi connectivity index (χ4v) is 2.16. The number of fused-ring (bicyclic) bond motifs is 1. The summed E-state index contributed by atoms with van der Waals surface area (Å²) in [5.74, 6) is 0.698. The number of ether oxygens (including phenoxy) is 1. The second-order valence-corrected chi connectivity index (χ2v) is 5.34. The topological polar surface area (TPSA) is 55.6 Å². The zero-order valence-electron chi connectivity index (χ0n) is 11.4. The molecule has 0 bridgehead atoms. The third-order valence-corrected chi connectivity index (χ3v) is 3.25. The van der Waals surface area contributed by atoms with Gasteiger partial charge in [-0.05, 0) is 45.4 Å². The molecule has 1 amide bonds. The van der Waals surface area contributed by atoms with Gasteiger partial charge in [-0.2, -0.15) is 0 Å². The van der Waals surface area contributed by atoms with Crippen LogP contribution in [0, 0.1) is 6.92 Å². The molecule has 2 N–H and O–H groups in total. The quantitative estimate of drug-likeness (QED) is 0.869. The van der Waals surface area contributed by atoms with Crippen LogP contribution in [0.4, 0.5) is 5.69 Å². The smallest absolute Gasteiger partial charge is 0.270 e. The van der Waals surface area contributed by atoms with Gasteiger partial charge in [0.25, 0.3) is 5.91 Å². The molecule has 0 spiro atoms.